The molecule has 0 radical (unpaired) electrons. The molecule has 0 aromatic heterocycles. The van der Waals surface area contributed by atoms with E-state index in [1.807, 2.05) is 20.8 Å². The number of unbranched alkanes of at least 4 members (excludes halogenated alkanes) is 6. The van der Waals surface area contributed by atoms with Crippen molar-refractivity contribution in [2.75, 3.05) is 46.8 Å². The highest BCUT2D eigenvalue weighted by molar-refractivity contribution is 6.60. The van der Waals surface area contributed by atoms with E-state index in [0.29, 0.717) is 26.4 Å². The zero-order valence-corrected chi connectivity index (χ0v) is 28.4. The Morgan fingerprint density at radius 1 is 0.548 bits per heavy atom. The molecule has 0 saturated heterocycles. The summed E-state index contributed by atoms with van der Waals surface area (Å²) in [5, 5.41) is 0. The summed E-state index contributed by atoms with van der Waals surface area (Å²) in [5.74, 6) is 1.83. The fourth-order valence-corrected chi connectivity index (χ4v) is 7.93. The molecule has 0 saturated carbocycles. The molecule has 0 N–H and O–H groups in total. The second-order valence-corrected chi connectivity index (χ2v) is 13.8. The van der Waals surface area contributed by atoms with Crippen LogP contribution >= 0.6 is 0 Å². The van der Waals surface area contributed by atoms with E-state index in [-0.39, 0.29) is 5.41 Å². The Hall–Kier alpha value is -1.90. The third-order valence-corrected chi connectivity index (χ3v) is 11.2. The van der Waals surface area contributed by atoms with Crippen LogP contribution in [0, 0.1) is 5.41 Å². The lowest BCUT2D eigenvalue weighted by Gasteiger charge is -2.30. The molecule has 0 spiro atoms. The van der Waals surface area contributed by atoms with Crippen LogP contribution in [0.4, 0.5) is 0 Å². The van der Waals surface area contributed by atoms with E-state index in [1.54, 1.807) is 7.11 Å². The number of rotatable bonds is 25. The topological polar surface area (TPSA) is 55.4 Å². The highest BCUT2D eigenvalue weighted by atomic mass is 28.4. The van der Waals surface area contributed by atoms with Crippen LogP contribution in [0.2, 0.25) is 6.04 Å². The molecule has 2 aromatic rings. The van der Waals surface area contributed by atoms with Crippen molar-refractivity contribution in [3.8, 4) is 22.6 Å². The first kappa shape index (κ1) is 36.3. The van der Waals surface area contributed by atoms with E-state index < -0.39 is 8.80 Å². The van der Waals surface area contributed by atoms with Crippen LogP contribution in [-0.2, 0) is 18.0 Å². The Morgan fingerprint density at radius 3 is 1.45 bits per heavy atom. The average molecular weight is 603 g/mol. The van der Waals surface area contributed by atoms with Crippen molar-refractivity contribution >= 4 is 8.80 Å². The lowest BCUT2D eigenvalue weighted by molar-refractivity contribution is 0.0322. The maximum Gasteiger partial charge on any atom is 0.500 e. The van der Waals surface area contributed by atoms with Crippen LogP contribution in [0.3, 0.4) is 0 Å². The maximum absolute atomic E-state index is 6.14. The third kappa shape index (κ3) is 12.8. The first-order valence-electron chi connectivity index (χ1n) is 16.4. The highest BCUT2D eigenvalue weighted by Gasteiger charge is 2.39. The molecule has 0 aliphatic heterocycles. The maximum atomic E-state index is 6.14. The molecule has 0 fully saturated rings. The van der Waals surface area contributed by atoms with Gasteiger partial charge in [-0.1, -0.05) is 70.2 Å². The Morgan fingerprint density at radius 2 is 1.00 bits per heavy atom. The number of ether oxygens (including phenoxy) is 3. The fourth-order valence-electron chi connectivity index (χ4n) is 5.25. The van der Waals surface area contributed by atoms with E-state index in [4.69, 9.17) is 27.5 Å². The smallest absolute Gasteiger partial charge is 0.494 e. The van der Waals surface area contributed by atoms with Crippen LogP contribution in [-0.4, -0.2) is 55.6 Å². The molecular weight excluding hydrogens is 544 g/mol. The molecular formula is C35H58O6Si. The molecule has 0 bridgehead atoms. The van der Waals surface area contributed by atoms with Crippen molar-refractivity contribution in [3.63, 3.8) is 0 Å². The number of methoxy groups -OCH3 is 1. The second kappa shape index (κ2) is 20.9. The second-order valence-electron chi connectivity index (χ2n) is 11.0. The summed E-state index contributed by atoms with van der Waals surface area (Å²) in [6.45, 7) is 14.6. The molecule has 0 aliphatic rings. The zero-order chi connectivity index (χ0) is 30.5. The van der Waals surface area contributed by atoms with Crippen LogP contribution in [0.25, 0.3) is 11.1 Å². The molecule has 2 aromatic carbocycles. The molecule has 0 aliphatic carbocycles. The van der Waals surface area contributed by atoms with Gasteiger partial charge in [0.2, 0.25) is 0 Å². The number of hydrogen-bond donors (Lipinski definition) is 0. The molecule has 42 heavy (non-hydrogen) atoms. The van der Waals surface area contributed by atoms with Crippen molar-refractivity contribution in [1.29, 1.82) is 0 Å². The molecule has 0 unspecified atom stereocenters. The van der Waals surface area contributed by atoms with Crippen LogP contribution in [0.1, 0.15) is 92.4 Å². The third-order valence-electron chi connectivity index (χ3n) is 8.03. The normalized spacial score (nSPS) is 12.0. The van der Waals surface area contributed by atoms with Crippen LogP contribution in [0.5, 0.6) is 11.5 Å². The van der Waals surface area contributed by atoms with Crippen molar-refractivity contribution in [2.24, 2.45) is 5.41 Å². The summed E-state index contributed by atoms with van der Waals surface area (Å²) in [4.78, 5) is 0. The van der Waals surface area contributed by atoms with Gasteiger partial charge in [0.25, 0.3) is 0 Å². The SMILES string of the molecule is CCO[Si](CCCCCCCCCOc1ccc(-c2ccc(OCC(CC)(CC)COC)cc2)cc1)(OCC)OCC. The largest absolute Gasteiger partial charge is 0.500 e. The molecule has 0 amide bonds. The van der Waals surface area contributed by atoms with E-state index >= 15 is 0 Å². The standard InChI is InChI=1S/C35H58O6Si/c1-7-35(8-2,29-36-6)30-38-34-25-21-32(22-26-34)31-19-23-33(24-20-31)37-27-17-15-13-12-14-16-18-28-42(39-9-3,40-10-4)41-11-5/h19-26H,7-18,27-30H2,1-6H3. The minimum atomic E-state index is -2.48. The van der Waals surface area contributed by atoms with Gasteiger partial charge in [0.05, 0.1) is 19.8 Å². The quantitative estimate of drug-likeness (QED) is 0.0834. The molecule has 7 heteroatoms. The van der Waals surface area contributed by atoms with Gasteiger partial charge in [-0.3, -0.25) is 0 Å². The summed E-state index contributed by atoms with van der Waals surface area (Å²) >= 11 is 0. The zero-order valence-electron chi connectivity index (χ0n) is 27.4. The van der Waals surface area contributed by atoms with Gasteiger partial charge in [-0.25, -0.2) is 0 Å². The summed E-state index contributed by atoms with van der Waals surface area (Å²) in [6.07, 6.45) is 10.4. The first-order chi connectivity index (χ1) is 20.5. The van der Waals surface area contributed by atoms with Gasteiger partial charge < -0.3 is 27.5 Å². The van der Waals surface area contributed by atoms with Crippen molar-refractivity contribution in [3.05, 3.63) is 48.5 Å². The van der Waals surface area contributed by atoms with E-state index in [0.717, 1.165) is 56.4 Å². The van der Waals surface area contributed by atoms with Crippen LogP contribution < -0.4 is 9.47 Å². The van der Waals surface area contributed by atoms with E-state index in [1.165, 1.54) is 43.2 Å². The Balaban J connectivity index is 1.63. The summed E-state index contributed by atoms with van der Waals surface area (Å²) < 4.78 is 35.5. The minimum absolute atomic E-state index is 0.0663. The van der Waals surface area contributed by atoms with Gasteiger partial charge in [0.1, 0.15) is 11.5 Å². The number of hydrogen-bond acceptors (Lipinski definition) is 6. The average Bonchev–Trinajstić information content (AvgIpc) is 3.01. The lowest BCUT2D eigenvalue weighted by atomic mass is 9.84. The molecule has 2 rings (SSSR count). The van der Waals surface area contributed by atoms with E-state index in [9.17, 15) is 0 Å². The van der Waals surface area contributed by atoms with Crippen molar-refractivity contribution in [2.45, 2.75) is 98.5 Å². The number of benzene rings is 2. The van der Waals surface area contributed by atoms with Gasteiger partial charge in [0.15, 0.2) is 0 Å². The van der Waals surface area contributed by atoms with Gasteiger partial charge >= 0.3 is 8.80 Å². The first-order valence-corrected chi connectivity index (χ1v) is 18.3. The fraction of sp³-hybridized carbons (Fsp3) is 0.657. The Labute approximate surface area is 257 Å². The molecule has 0 atom stereocenters. The highest BCUT2D eigenvalue weighted by Crippen LogP contribution is 2.30. The minimum Gasteiger partial charge on any atom is -0.494 e. The Bertz CT molecular complexity index is 912. The molecule has 238 valence electrons. The summed E-state index contributed by atoms with van der Waals surface area (Å²) in [5.41, 5.74) is 2.41. The van der Waals surface area contributed by atoms with Gasteiger partial charge in [-0.15, -0.1) is 0 Å². The van der Waals surface area contributed by atoms with Crippen molar-refractivity contribution in [1.82, 2.24) is 0 Å². The van der Waals surface area contributed by atoms with Gasteiger partial charge in [-0.05, 0) is 81.8 Å². The lowest BCUT2D eigenvalue weighted by Crippen LogP contribution is -2.45. The van der Waals surface area contributed by atoms with Crippen molar-refractivity contribution < 1.29 is 27.5 Å². The van der Waals surface area contributed by atoms with Crippen LogP contribution in [0.15, 0.2) is 48.5 Å². The van der Waals surface area contributed by atoms with E-state index in [2.05, 4.69) is 62.4 Å². The monoisotopic (exact) mass is 602 g/mol. The predicted octanol–water partition coefficient (Wildman–Crippen LogP) is 9.34. The summed E-state index contributed by atoms with van der Waals surface area (Å²) in [6, 6.07) is 17.7. The van der Waals surface area contributed by atoms with Gasteiger partial charge in [-0.2, -0.15) is 0 Å². The predicted molar refractivity (Wildman–Crippen MR) is 176 cm³/mol. The molecule has 0 heterocycles. The Kier molecular flexibility index (Phi) is 18.1. The van der Waals surface area contributed by atoms with Gasteiger partial charge in [0, 0.05) is 38.4 Å². The molecule has 6 nitrogen and oxygen atoms in total. The summed E-state index contributed by atoms with van der Waals surface area (Å²) in [7, 11) is -0.716.